The van der Waals surface area contributed by atoms with Crippen LogP contribution in [0.2, 0.25) is 0 Å². The zero-order valence-corrected chi connectivity index (χ0v) is 12.7. The standard InChI is InChI=1S/C15H30O3/c1-12-10-18-13(11-16-5)14(12)17-9-7-6-8-15(2,3)4/h12-14H,6-11H2,1-5H3. The summed E-state index contributed by atoms with van der Waals surface area (Å²) in [6.45, 7) is 11.3. The fourth-order valence-corrected chi connectivity index (χ4v) is 2.39. The average molecular weight is 258 g/mol. The van der Waals surface area contributed by atoms with Gasteiger partial charge in [0, 0.05) is 19.6 Å². The van der Waals surface area contributed by atoms with Crippen LogP contribution in [0.1, 0.15) is 47.0 Å². The SMILES string of the molecule is COCC1OCC(C)C1OCCCCC(C)(C)C. The summed E-state index contributed by atoms with van der Waals surface area (Å²) in [6, 6.07) is 0. The summed E-state index contributed by atoms with van der Waals surface area (Å²) in [4.78, 5) is 0. The van der Waals surface area contributed by atoms with Gasteiger partial charge in [0.2, 0.25) is 0 Å². The van der Waals surface area contributed by atoms with Crippen LogP contribution in [-0.4, -0.2) is 39.1 Å². The zero-order valence-electron chi connectivity index (χ0n) is 12.7. The maximum absolute atomic E-state index is 5.99. The number of methoxy groups -OCH3 is 1. The Morgan fingerprint density at radius 1 is 1.22 bits per heavy atom. The van der Waals surface area contributed by atoms with Gasteiger partial charge in [0.1, 0.15) is 6.10 Å². The zero-order chi connectivity index (χ0) is 13.6. The van der Waals surface area contributed by atoms with Gasteiger partial charge in [0.05, 0.1) is 19.3 Å². The summed E-state index contributed by atoms with van der Waals surface area (Å²) in [5.74, 6) is 0.479. The summed E-state index contributed by atoms with van der Waals surface area (Å²) in [5.41, 5.74) is 0.433. The van der Waals surface area contributed by atoms with E-state index in [2.05, 4.69) is 27.7 Å². The lowest BCUT2D eigenvalue weighted by Crippen LogP contribution is -2.32. The van der Waals surface area contributed by atoms with E-state index >= 15 is 0 Å². The first kappa shape index (κ1) is 15.9. The molecule has 0 bridgehead atoms. The molecular weight excluding hydrogens is 228 g/mol. The molecule has 1 rings (SSSR count). The van der Waals surface area contributed by atoms with Gasteiger partial charge in [-0.3, -0.25) is 0 Å². The fraction of sp³-hybridized carbons (Fsp3) is 1.00. The number of unbranched alkanes of at least 4 members (excludes halogenated alkanes) is 1. The van der Waals surface area contributed by atoms with E-state index in [0.29, 0.717) is 17.9 Å². The Balaban J connectivity index is 2.17. The molecule has 0 aromatic heterocycles. The van der Waals surface area contributed by atoms with Crippen LogP contribution in [0, 0.1) is 11.3 Å². The van der Waals surface area contributed by atoms with Gasteiger partial charge in [-0.2, -0.15) is 0 Å². The molecule has 108 valence electrons. The van der Waals surface area contributed by atoms with Gasteiger partial charge in [-0.1, -0.05) is 34.1 Å². The Kier molecular flexibility index (Phi) is 6.61. The highest BCUT2D eigenvalue weighted by atomic mass is 16.6. The van der Waals surface area contributed by atoms with Gasteiger partial charge >= 0.3 is 0 Å². The van der Waals surface area contributed by atoms with Crippen molar-refractivity contribution in [1.82, 2.24) is 0 Å². The molecule has 0 amide bonds. The maximum atomic E-state index is 5.99. The highest BCUT2D eigenvalue weighted by Gasteiger charge is 2.35. The van der Waals surface area contributed by atoms with E-state index in [4.69, 9.17) is 14.2 Å². The Morgan fingerprint density at radius 2 is 1.94 bits per heavy atom. The largest absolute Gasteiger partial charge is 0.382 e. The molecule has 0 aromatic rings. The second kappa shape index (κ2) is 7.46. The minimum Gasteiger partial charge on any atom is -0.382 e. The smallest absolute Gasteiger partial charge is 0.107 e. The van der Waals surface area contributed by atoms with E-state index in [9.17, 15) is 0 Å². The molecule has 3 nitrogen and oxygen atoms in total. The van der Waals surface area contributed by atoms with Gasteiger partial charge in [0.15, 0.2) is 0 Å². The molecule has 0 aliphatic carbocycles. The quantitative estimate of drug-likeness (QED) is 0.656. The molecule has 0 spiro atoms. The van der Waals surface area contributed by atoms with Gasteiger partial charge in [-0.15, -0.1) is 0 Å². The molecule has 1 aliphatic rings. The van der Waals surface area contributed by atoms with Crippen LogP contribution >= 0.6 is 0 Å². The Labute approximate surface area is 112 Å². The van der Waals surface area contributed by atoms with Gasteiger partial charge < -0.3 is 14.2 Å². The number of hydrogen-bond acceptors (Lipinski definition) is 3. The molecule has 0 radical (unpaired) electrons. The van der Waals surface area contributed by atoms with E-state index in [1.54, 1.807) is 7.11 Å². The molecular formula is C15H30O3. The highest BCUT2D eigenvalue weighted by molar-refractivity contribution is 4.82. The van der Waals surface area contributed by atoms with Crippen molar-refractivity contribution in [2.75, 3.05) is 26.9 Å². The van der Waals surface area contributed by atoms with Crippen molar-refractivity contribution in [3.63, 3.8) is 0 Å². The predicted molar refractivity (Wildman–Crippen MR) is 73.8 cm³/mol. The Bertz CT molecular complexity index is 220. The van der Waals surface area contributed by atoms with E-state index in [-0.39, 0.29) is 12.2 Å². The van der Waals surface area contributed by atoms with Crippen molar-refractivity contribution >= 4 is 0 Å². The molecule has 18 heavy (non-hydrogen) atoms. The molecule has 3 atom stereocenters. The van der Waals surface area contributed by atoms with Crippen LogP contribution in [0.3, 0.4) is 0 Å². The summed E-state index contributed by atoms with van der Waals surface area (Å²) in [6.07, 6.45) is 3.96. The van der Waals surface area contributed by atoms with E-state index in [0.717, 1.165) is 19.6 Å². The number of ether oxygens (including phenoxy) is 3. The van der Waals surface area contributed by atoms with E-state index in [1.807, 2.05) is 0 Å². The van der Waals surface area contributed by atoms with Crippen LogP contribution in [-0.2, 0) is 14.2 Å². The fourth-order valence-electron chi connectivity index (χ4n) is 2.39. The third-order valence-electron chi connectivity index (χ3n) is 3.46. The molecule has 1 fully saturated rings. The lowest BCUT2D eigenvalue weighted by atomic mass is 9.90. The molecule has 0 N–H and O–H groups in total. The third kappa shape index (κ3) is 5.68. The van der Waals surface area contributed by atoms with Gasteiger partial charge in [0.25, 0.3) is 0 Å². The van der Waals surface area contributed by atoms with Crippen molar-refractivity contribution in [2.24, 2.45) is 11.3 Å². The third-order valence-corrected chi connectivity index (χ3v) is 3.46. The summed E-state index contributed by atoms with van der Waals surface area (Å²) < 4.78 is 16.8. The van der Waals surface area contributed by atoms with E-state index in [1.165, 1.54) is 12.8 Å². The van der Waals surface area contributed by atoms with Crippen LogP contribution in [0.5, 0.6) is 0 Å². The number of rotatable bonds is 7. The highest BCUT2D eigenvalue weighted by Crippen LogP contribution is 2.25. The molecule has 3 unspecified atom stereocenters. The first-order valence-electron chi connectivity index (χ1n) is 7.16. The lowest BCUT2D eigenvalue weighted by molar-refractivity contribution is -0.0479. The summed E-state index contributed by atoms with van der Waals surface area (Å²) in [7, 11) is 1.72. The van der Waals surface area contributed by atoms with Gasteiger partial charge in [-0.05, 0) is 18.3 Å². The van der Waals surface area contributed by atoms with Crippen LogP contribution < -0.4 is 0 Å². The van der Waals surface area contributed by atoms with Crippen molar-refractivity contribution in [3.05, 3.63) is 0 Å². The topological polar surface area (TPSA) is 27.7 Å². The van der Waals surface area contributed by atoms with Crippen molar-refractivity contribution in [3.8, 4) is 0 Å². The summed E-state index contributed by atoms with van der Waals surface area (Å²) in [5, 5.41) is 0. The van der Waals surface area contributed by atoms with Crippen molar-refractivity contribution in [2.45, 2.75) is 59.2 Å². The molecule has 1 aliphatic heterocycles. The normalized spacial score (nSPS) is 28.8. The minimum atomic E-state index is 0.118. The molecule has 0 aromatic carbocycles. The molecule has 1 saturated heterocycles. The average Bonchev–Trinajstić information content (AvgIpc) is 2.59. The first-order chi connectivity index (χ1) is 8.44. The maximum Gasteiger partial charge on any atom is 0.107 e. The van der Waals surface area contributed by atoms with Gasteiger partial charge in [-0.25, -0.2) is 0 Å². The Morgan fingerprint density at radius 3 is 2.56 bits per heavy atom. The first-order valence-corrected chi connectivity index (χ1v) is 7.16. The van der Waals surface area contributed by atoms with Crippen LogP contribution in [0.15, 0.2) is 0 Å². The second-order valence-corrected chi connectivity index (χ2v) is 6.66. The van der Waals surface area contributed by atoms with Crippen molar-refractivity contribution in [1.29, 1.82) is 0 Å². The molecule has 3 heteroatoms. The van der Waals surface area contributed by atoms with Crippen LogP contribution in [0.4, 0.5) is 0 Å². The minimum absolute atomic E-state index is 0.118. The molecule has 1 heterocycles. The van der Waals surface area contributed by atoms with Crippen LogP contribution in [0.25, 0.3) is 0 Å². The predicted octanol–water partition coefficient (Wildman–Crippen LogP) is 3.27. The van der Waals surface area contributed by atoms with E-state index < -0.39 is 0 Å². The molecule has 0 saturated carbocycles. The number of hydrogen-bond donors (Lipinski definition) is 0. The van der Waals surface area contributed by atoms with Crippen molar-refractivity contribution < 1.29 is 14.2 Å². The summed E-state index contributed by atoms with van der Waals surface area (Å²) >= 11 is 0. The Hall–Kier alpha value is -0.120. The second-order valence-electron chi connectivity index (χ2n) is 6.66. The monoisotopic (exact) mass is 258 g/mol. The lowest BCUT2D eigenvalue weighted by Gasteiger charge is -2.22.